The molecule has 0 aliphatic carbocycles. The van der Waals surface area contributed by atoms with Crippen molar-refractivity contribution in [2.75, 3.05) is 65.7 Å². The van der Waals surface area contributed by atoms with Crippen molar-refractivity contribution < 1.29 is 19.7 Å². The van der Waals surface area contributed by atoms with Gasteiger partial charge in [0, 0.05) is 39.4 Å². The molecule has 38 heavy (non-hydrogen) atoms. The third kappa shape index (κ3) is 10.3. The van der Waals surface area contributed by atoms with Crippen LogP contribution < -0.4 is 9.47 Å². The average Bonchev–Trinajstić information content (AvgIpc) is 2.92. The number of aliphatic hydroxyl groups is 2. The summed E-state index contributed by atoms with van der Waals surface area (Å²) in [6.07, 6.45) is 2.92. The van der Waals surface area contributed by atoms with E-state index in [1.807, 2.05) is 34.1 Å². The Labute approximate surface area is 227 Å². The van der Waals surface area contributed by atoms with Gasteiger partial charge in [-0.3, -0.25) is 9.80 Å². The Balaban J connectivity index is 1.97. The minimum atomic E-state index is 0.127. The Hall–Kier alpha value is -3.14. The minimum absolute atomic E-state index is 0.127. The second kappa shape index (κ2) is 18.2. The molecular weight excluding hydrogens is 480 g/mol. The van der Waals surface area contributed by atoms with E-state index in [2.05, 4.69) is 38.1 Å². The Morgan fingerprint density at radius 1 is 0.658 bits per heavy atom. The first-order valence-electron chi connectivity index (χ1n) is 13.4. The summed E-state index contributed by atoms with van der Waals surface area (Å²) in [6.45, 7) is 9.11. The largest absolute Gasteiger partial charge is 0.493 e. The highest BCUT2D eigenvalue weighted by Gasteiger charge is 2.13. The van der Waals surface area contributed by atoms with Crippen LogP contribution in [0.15, 0.2) is 36.4 Å². The van der Waals surface area contributed by atoms with Gasteiger partial charge in [-0.05, 0) is 73.9 Å². The quantitative estimate of drug-likeness (QED) is 0.211. The first-order chi connectivity index (χ1) is 18.5. The number of benzene rings is 2. The zero-order valence-electron chi connectivity index (χ0n) is 22.9. The molecule has 206 valence electrons. The Morgan fingerprint density at radius 2 is 1.05 bits per heavy atom. The summed E-state index contributed by atoms with van der Waals surface area (Å²) in [6, 6.07) is 16.5. The van der Waals surface area contributed by atoms with Crippen molar-refractivity contribution >= 4 is 0 Å². The number of nitriles is 2. The van der Waals surface area contributed by atoms with Crippen molar-refractivity contribution in [3.05, 3.63) is 47.5 Å². The van der Waals surface area contributed by atoms with Crippen LogP contribution in [0.1, 0.15) is 36.8 Å². The number of aliphatic hydroxyl groups excluding tert-OH is 2. The SMILES string of the molecule is Cc1c(OCCCN(CC#N)CCCO)cccc1-c1cccc(OCCCN(CC#N)CCCO)c1C. The van der Waals surface area contributed by atoms with E-state index >= 15 is 0 Å². The Kier molecular flexibility index (Phi) is 14.9. The molecule has 0 saturated carbocycles. The molecule has 2 aromatic carbocycles. The second-order valence-corrected chi connectivity index (χ2v) is 9.28. The minimum Gasteiger partial charge on any atom is -0.493 e. The zero-order chi connectivity index (χ0) is 27.6. The highest BCUT2D eigenvalue weighted by Crippen LogP contribution is 2.35. The lowest BCUT2D eigenvalue weighted by atomic mass is 9.95. The smallest absolute Gasteiger partial charge is 0.122 e. The van der Waals surface area contributed by atoms with E-state index in [0.717, 1.165) is 59.7 Å². The van der Waals surface area contributed by atoms with Gasteiger partial charge in [0.1, 0.15) is 11.5 Å². The summed E-state index contributed by atoms with van der Waals surface area (Å²) >= 11 is 0. The van der Waals surface area contributed by atoms with Gasteiger partial charge >= 0.3 is 0 Å². The summed E-state index contributed by atoms with van der Waals surface area (Å²) in [5.41, 5.74) is 4.34. The van der Waals surface area contributed by atoms with Gasteiger partial charge in [0.2, 0.25) is 0 Å². The molecule has 0 atom stereocenters. The highest BCUT2D eigenvalue weighted by atomic mass is 16.5. The summed E-state index contributed by atoms with van der Waals surface area (Å²) in [5, 5.41) is 36.1. The van der Waals surface area contributed by atoms with Gasteiger partial charge in [0.15, 0.2) is 0 Å². The molecule has 0 spiro atoms. The molecule has 0 amide bonds. The van der Waals surface area contributed by atoms with Gasteiger partial charge in [-0.2, -0.15) is 10.5 Å². The molecule has 2 rings (SSSR count). The fourth-order valence-electron chi connectivity index (χ4n) is 4.39. The lowest BCUT2D eigenvalue weighted by Gasteiger charge is -2.20. The van der Waals surface area contributed by atoms with Gasteiger partial charge in [-0.1, -0.05) is 24.3 Å². The molecular formula is C30H42N4O4. The van der Waals surface area contributed by atoms with Crippen LogP contribution >= 0.6 is 0 Å². The molecule has 0 saturated heterocycles. The van der Waals surface area contributed by atoms with Crippen molar-refractivity contribution in [1.82, 2.24) is 9.80 Å². The van der Waals surface area contributed by atoms with E-state index in [0.29, 0.717) is 52.2 Å². The van der Waals surface area contributed by atoms with E-state index in [-0.39, 0.29) is 13.2 Å². The third-order valence-corrected chi connectivity index (χ3v) is 6.46. The number of hydrogen-bond donors (Lipinski definition) is 2. The highest BCUT2D eigenvalue weighted by molar-refractivity contribution is 5.74. The van der Waals surface area contributed by atoms with Crippen molar-refractivity contribution in [2.45, 2.75) is 39.5 Å². The first-order valence-corrected chi connectivity index (χ1v) is 13.4. The molecule has 0 bridgehead atoms. The lowest BCUT2D eigenvalue weighted by molar-refractivity contribution is 0.220. The number of hydrogen-bond acceptors (Lipinski definition) is 8. The van der Waals surface area contributed by atoms with Crippen LogP contribution in [0.25, 0.3) is 11.1 Å². The molecule has 8 heteroatoms. The van der Waals surface area contributed by atoms with Crippen LogP contribution in [-0.2, 0) is 0 Å². The van der Waals surface area contributed by atoms with Crippen molar-refractivity contribution in [2.24, 2.45) is 0 Å². The summed E-state index contributed by atoms with van der Waals surface area (Å²) in [7, 11) is 0. The molecule has 0 heterocycles. The maximum atomic E-state index is 9.05. The number of nitrogens with zero attached hydrogens (tertiary/aromatic N) is 4. The maximum absolute atomic E-state index is 9.05. The molecule has 2 N–H and O–H groups in total. The normalized spacial score (nSPS) is 10.9. The fraction of sp³-hybridized carbons (Fsp3) is 0.533. The molecule has 0 aliphatic heterocycles. The zero-order valence-corrected chi connectivity index (χ0v) is 22.9. The first kappa shape index (κ1) is 31.1. The van der Waals surface area contributed by atoms with E-state index in [4.69, 9.17) is 30.2 Å². The molecule has 0 radical (unpaired) electrons. The van der Waals surface area contributed by atoms with Crippen LogP contribution in [0.2, 0.25) is 0 Å². The second-order valence-electron chi connectivity index (χ2n) is 9.28. The third-order valence-electron chi connectivity index (χ3n) is 6.46. The summed E-state index contributed by atoms with van der Waals surface area (Å²) < 4.78 is 12.2. The van der Waals surface area contributed by atoms with Crippen LogP contribution in [0.3, 0.4) is 0 Å². The fourth-order valence-corrected chi connectivity index (χ4v) is 4.39. The standard InChI is InChI=1S/C30H42N4O4/c1-25-27(9-3-11-29(25)37-23-7-17-33(19-13-31)15-5-21-35)28-10-4-12-30(26(28)2)38-24-8-18-34(20-14-32)16-6-22-36/h3-4,9-12,35-36H,5-8,15-24H2,1-2H3. The molecule has 0 fully saturated rings. The molecule has 0 aromatic heterocycles. The number of ether oxygens (including phenoxy) is 2. The van der Waals surface area contributed by atoms with Crippen LogP contribution in [0.4, 0.5) is 0 Å². The van der Waals surface area contributed by atoms with Gasteiger partial charge in [0.25, 0.3) is 0 Å². The summed E-state index contributed by atoms with van der Waals surface area (Å²) in [4.78, 5) is 4.07. The topological polar surface area (TPSA) is 113 Å². The molecule has 0 unspecified atom stereocenters. The van der Waals surface area contributed by atoms with Crippen molar-refractivity contribution in [1.29, 1.82) is 10.5 Å². The molecule has 8 nitrogen and oxygen atoms in total. The van der Waals surface area contributed by atoms with E-state index in [1.54, 1.807) is 0 Å². The lowest BCUT2D eigenvalue weighted by Crippen LogP contribution is -2.28. The van der Waals surface area contributed by atoms with E-state index in [1.165, 1.54) is 0 Å². The van der Waals surface area contributed by atoms with Gasteiger partial charge in [0.05, 0.1) is 38.4 Å². The monoisotopic (exact) mass is 522 g/mol. The number of rotatable bonds is 19. The molecule has 0 aliphatic rings. The van der Waals surface area contributed by atoms with Gasteiger partial charge in [-0.15, -0.1) is 0 Å². The van der Waals surface area contributed by atoms with E-state index in [9.17, 15) is 0 Å². The van der Waals surface area contributed by atoms with Crippen LogP contribution in [0.5, 0.6) is 11.5 Å². The maximum Gasteiger partial charge on any atom is 0.122 e. The molecule has 2 aromatic rings. The summed E-state index contributed by atoms with van der Waals surface area (Å²) in [5.74, 6) is 1.69. The van der Waals surface area contributed by atoms with Crippen LogP contribution in [-0.4, -0.2) is 85.7 Å². The van der Waals surface area contributed by atoms with E-state index < -0.39 is 0 Å². The van der Waals surface area contributed by atoms with Gasteiger partial charge in [-0.25, -0.2) is 0 Å². The Bertz CT molecular complexity index is 964. The predicted octanol–water partition coefficient (Wildman–Crippen LogP) is 3.92. The van der Waals surface area contributed by atoms with Crippen molar-refractivity contribution in [3.63, 3.8) is 0 Å². The van der Waals surface area contributed by atoms with Crippen molar-refractivity contribution in [3.8, 4) is 34.8 Å². The predicted molar refractivity (Wildman–Crippen MR) is 149 cm³/mol. The average molecular weight is 523 g/mol. The van der Waals surface area contributed by atoms with Crippen LogP contribution in [0, 0.1) is 36.5 Å². The van der Waals surface area contributed by atoms with Gasteiger partial charge < -0.3 is 19.7 Å². The Morgan fingerprint density at radius 3 is 1.42 bits per heavy atom.